The van der Waals surface area contributed by atoms with Crippen LogP contribution in [0.3, 0.4) is 0 Å². The monoisotopic (exact) mass is 366 g/mol. The molecule has 1 aromatic rings. The van der Waals surface area contributed by atoms with Gasteiger partial charge in [0.05, 0.1) is 0 Å². The number of hydrogen-bond acceptors (Lipinski definition) is 2. The molecule has 0 atom stereocenters. The number of carbonyl (C=O) groups excluding carboxylic acids is 1. The first-order valence-electron chi connectivity index (χ1n) is 5.53. The van der Waals surface area contributed by atoms with Crippen molar-refractivity contribution < 1.29 is 4.79 Å². The maximum Gasteiger partial charge on any atom is 0.227 e. The lowest BCUT2D eigenvalue weighted by Gasteiger charge is -2.21. The van der Waals surface area contributed by atoms with Crippen molar-refractivity contribution in [2.24, 2.45) is 5.92 Å². The fraction of sp³-hybridized carbons (Fsp3) is 0.417. The van der Waals surface area contributed by atoms with Crippen LogP contribution in [0.1, 0.15) is 12.8 Å². The summed E-state index contributed by atoms with van der Waals surface area (Å²) in [5, 5.41) is 6.24. The molecule has 2 rings (SSSR count). The van der Waals surface area contributed by atoms with Crippen LogP contribution in [-0.2, 0) is 4.79 Å². The molecule has 5 heteroatoms. The lowest BCUT2D eigenvalue weighted by Crippen LogP contribution is -2.34. The van der Waals surface area contributed by atoms with Crippen molar-refractivity contribution in [2.45, 2.75) is 12.8 Å². The number of halogens is 2. The molecule has 3 nitrogen and oxygen atoms in total. The Morgan fingerprint density at radius 2 is 2.06 bits per heavy atom. The van der Waals surface area contributed by atoms with Crippen molar-refractivity contribution in [2.75, 3.05) is 18.4 Å². The van der Waals surface area contributed by atoms with E-state index in [0.717, 1.165) is 35.2 Å². The summed E-state index contributed by atoms with van der Waals surface area (Å²) in [6.07, 6.45) is 1.88. The minimum Gasteiger partial charge on any atom is -0.326 e. The van der Waals surface area contributed by atoms with Crippen LogP contribution in [0.4, 0.5) is 5.69 Å². The van der Waals surface area contributed by atoms with Gasteiger partial charge in [0.1, 0.15) is 0 Å². The summed E-state index contributed by atoms with van der Waals surface area (Å²) in [5.41, 5.74) is 0.899. The average molecular weight is 367 g/mol. The van der Waals surface area contributed by atoms with Gasteiger partial charge in [-0.1, -0.05) is 6.07 Å². The molecule has 0 unspecified atom stereocenters. The van der Waals surface area contributed by atoms with Crippen molar-refractivity contribution in [1.29, 1.82) is 0 Å². The number of anilines is 1. The number of hydrogen-bond donors (Lipinski definition) is 2. The van der Waals surface area contributed by atoms with Crippen molar-refractivity contribution in [1.82, 2.24) is 5.32 Å². The number of rotatable bonds is 2. The van der Waals surface area contributed by atoms with Crippen molar-refractivity contribution in [3.05, 3.63) is 27.8 Å². The Balaban J connectivity index is 0.00000144. The zero-order valence-electron chi connectivity index (χ0n) is 9.41. The van der Waals surface area contributed by atoms with E-state index in [4.69, 9.17) is 0 Å². The molecule has 1 heterocycles. The molecule has 1 saturated heterocycles. The highest BCUT2D eigenvalue weighted by Gasteiger charge is 2.20. The molecule has 1 aromatic carbocycles. The second-order valence-electron chi connectivity index (χ2n) is 4.02. The molecular weight excluding hydrogens is 351 g/mol. The Morgan fingerprint density at radius 3 is 2.71 bits per heavy atom. The topological polar surface area (TPSA) is 41.1 Å². The molecule has 2 N–H and O–H groups in total. The van der Waals surface area contributed by atoms with E-state index in [1.807, 2.05) is 24.3 Å². The average Bonchev–Trinajstić information content (AvgIpc) is 2.30. The minimum atomic E-state index is 0. The largest absolute Gasteiger partial charge is 0.326 e. The van der Waals surface area contributed by atoms with E-state index in [9.17, 15) is 4.79 Å². The van der Waals surface area contributed by atoms with Crippen molar-refractivity contribution in [3.63, 3.8) is 0 Å². The van der Waals surface area contributed by atoms with Crippen LogP contribution in [0.15, 0.2) is 24.3 Å². The Kier molecular flexibility index (Phi) is 6.22. The Hall–Kier alpha value is -0.330. The smallest absolute Gasteiger partial charge is 0.227 e. The lowest BCUT2D eigenvalue weighted by molar-refractivity contribution is -0.120. The zero-order chi connectivity index (χ0) is 11.4. The summed E-state index contributed by atoms with van der Waals surface area (Å²) in [5.74, 6) is 0.322. The molecular formula is C12H16ClIN2O. The van der Waals surface area contributed by atoms with Crippen molar-refractivity contribution in [3.8, 4) is 0 Å². The second-order valence-corrected chi connectivity index (χ2v) is 5.27. The first-order chi connectivity index (χ1) is 7.75. The molecule has 17 heavy (non-hydrogen) atoms. The summed E-state index contributed by atoms with van der Waals surface area (Å²) >= 11 is 2.25. The fourth-order valence-electron chi connectivity index (χ4n) is 1.89. The van der Waals surface area contributed by atoms with Gasteiger partial charge < -0.3 is 10.6 Å². The number of nitrogens with one attached hydrogen (secondary N) is 2. The van der Waals surface area contributed by atoms with Crippen LogP contribution in [0, 0.1) is 9.49 Å². The van der Waals surface area contributed by atoms with Gasteiger partial charge in [0.2, 0.25) is 5.91 Å². The fourth-order valence-corrected chi connectivity index (χ4v) is 2.44. The third-order valence-corrected chi connectivity index (χ3v) is 3.47. The van der Waals surface area contributed by atoms with E-state index in [1.165, 1.54) is 0 Å². The second kappa shape index (κ2) is 7.18. The summed E-state index contributed by atoms with van der Waals surface area (Å²) in [6.45, 7) is 1.90. The summed E-state index contributed by atoms with van der Waals surface area (Å²) in [6, 6.07) is 7.89. The molecule has 1 fully saturated rings. The van der Waals surface area contributed by atoms with Crippen LogP contribution < -0.4 is 10.6 Å². The maximum absolute atomic E-state index is 11.9. The van der Waals surface area contributed by atoms with Crippen LogP contribution in [0.2, 0.25) is 0 Å². The number of carbonyl (C=O) groups is 1. The molecule has 0 aliphatic carbocycles. The molecule has 1 amide bonds. The van der Waals surface area contributed by atoms with Gasteiger partial charge >= 0.3 is 0 Å². The molecule has 0 aromatic heterocycles. The van der Waals surface area contributed by atoms with Gasteiger partial charge in [-0.15, -0.1) is 12.4 Å². The van der Waals surface area contributed by atoms with Gasteiger partial charge in [-0.3, -0.25) is 4.79 Å². The molecule has 1 aliphatic rings. The summed E-state index contributed by atoms with van der Waals surface area (Å²) in [4.78, 5) is 11.9. The van der Waals surface area contributed by atoms with Gasteiger partial charge in [-0.25, -0.2) is 0 Å². The quantitative estimate of drug-likeness (QED) is 0.790. The zero-order valence-corrected chi connectivity index (χ0v) is 12.4. The van der Waals surface area contributed by atoms with Crippen LogP contribution in [0.25, 0.3) is 0 Å². The summed E-state index contributed by atoms with van der Waals surface area (Å²) < 4.78 is 1.14. The molecule has 0 saturated carbocycles. The predicted octanol–water partition coefficient (Wildman–Crippen LogP) is 2.65. The van der Waals surface area contributed by atoms with E-state index in [1.54, 1.807) is 0 Å². The Morgan fingerprint density at radius 1 is 1.35 bits per heavy atom. The molecule has 0 radical (unpaired) electrons. The Bertz CT molecular complexity index is 381. The highest BCUT2D eigenvalue weighted by molar-refractivity contribution is 14.1. The third kappa shape index (κ3) is 4.44. The third-order valence-electron chi connectivity index (χ3n) is 2.80. The normalized spacial score (nSPS) is 16.1. The Labute approximate surface area is 121 Å². The van der Waals surface area contributed by atoms with Gasteiger partial charge in [0.25, 0.3) is 0 Å². The first kappa shape index (κ1) is 14.7. The van der Waals surface area contributed by atoms with E-state index in [2.05, 4.69) is 33.2 Å². The highest BCUT2D eigenvalue weighted by atomic mass is 127. The number of amides is 1. The number of piperidine rings is 1. The molecule has 94 valence electrons. The van der Waals surface area contributed by atoms with E-state index in [-0.39, 0.29) is 24.2 Å². The van der Waals surface area contributed by atoms with Crippen LogP contribution in [-0.4, -0.2) is 19.0 Å². The van der Waals surface area contributed by atoms with Gasteiger partial charge in [-0.2, -0.15) is 0 Å². The van der Waals surface area contributed by atoms with E-state index < -0.39 is 0 Å². The standard InChI is InChI=1S/C12H15IN2O.ClH/c13-10-2-1-3-11(8-10)15-12(16)9-4-6-14-7-5-9;/h1-3,8-9,14H,4-7H2,(H,15,16);1H. The maximum atomic E-state index is 11.9. The molecule has 0 spiro atoms. The molecule has 1 aliphatic heterocycles. The summed E-state index contributed by atoms with van der Waals surface area (Å²) in [7, 11) is 0. The highest BCUT2D eigenvalue weighted by Crippen LogP contribution is 2.17. The van der Waals surface area contributed by atoms with E-state index >= 15 is 0 Å². The minimum absolute atomic E-state index is 0. The van der Waals surface area contributed by atoms with Gasteiger partial charge in [-0.05, 0) is 66.7 Å². The SMILES string of the molecule is Cl.O=C(Nc1cccc(I)c1)C1CCNCC1. The lowest BCUT2D eigenvalue weighted by atomic mass is 9.97. The van der Waals surface area contributed by atoms with Gasteiger partial charge in [0.15, 0.2) is 0 Å². The van der Waals surface area contributed by atoms with Gasteiger partial charge in [0, 0.05) is 15.2 Å². The van der Waals surface area contributed by atoms with Crippen LogP contribution in [0.5, 0.6) is 0 Å². The van der Waals surface area contributed by atoms with Crippen LogP contribution >= 0.6 is 35.0 Å². The first-order valence-corrected chi connectivity index (χ1v) is 6.61. The number of benzene rings is 1. The van der Waals surface area contributed by atoms with E-state index in [0.29, 0.717) is 0 Å². The van der Waals surface area contributed by atoms with Crippen molar-refractivity contribution >= 4 is 46.6 Å². The predicted molar refractivity (Wildman–Crippen MR) is 80.6 cm³/mol. The molecule has 0 bridgehead atoms.